The summed E-state index contributed by atoms with van der Waals surface area (Å²) in [5, 5.41) is 0. The van der Waals surface area contributed by atoms with Crippen LogP contribution in [0.25, 0.3) is 0 Å². The van der Waals surface area contributed by atoms with Crippen molar-refractivity contribution in [2.24, 2.45) is 50.7 Å². The molecule has 192 valence electrons. The van der Waals surface area contributed by atoms with E-state index in [0.29, 0.717) is 21.7 Å². The number of hydrogen-bond acceptors (Lipinski definition) is 2. The molecule has 0 aromatic heterocycles. The van der Waals surface area contributed by atoms with Crippen LogP contribution in [0.1, 0.15) is 126 Å². The van der Waals surface area contributed by atoms with Crippen LogP contribution in [-0.2, 0) is 9.53 Å². The third-order valence-corrected chi connectivity index (χ3v) is 13.3. The van der Waals surface area contributed by atoms with E-state index in [1.54, 1.807) is 6.92 Å². The van der Waals surface area contributed by atoms with Gasteiger partial charge in [0.15, 0.2) is 0 Å². The molecule has 2 heteroatoms. The Morgan fingerprint density at radius 2 is 1.56 bits per heavy atom. The van der Waals surface area contributed by atoms with E-state index in [4.69, 9.17) is 4.74 Å². The Labute approximate surface area is 210 Å². The van der Waals surface area contributed by atoms with E-state index in [0.717, 1.165) is 30.1 Å². The maximum absolute atomic E-state index is 11.8. The van der Waals surface area contributed by atoms with Crippen molar-refractivity contribution in [3.63, 3.8) is 0 Å². The molecule has 0 heterocycles. The highest BCUT2D eigenvalue weighted by molar-refractivity contribution is 5.66. The fourth-order valence-corrected chi connectivity index (χ4v) is 11.5. The van der Waals surface area contributed by atoms with Gasteiger partial charge in [0.2, 0.25) is 0 Å². The highest BCUT2D eigenvalue weighted by Crippen LogP contribution is 2.89. The molecule has 0 N–H and O–H groups in total. The number of hydrogen-bond donors (Lipinski definition) is 0. The van der Waals surface area contributed by atoms with Gasteiger partial charge in [-0.2, -0.15) is 0 Å². The molecule has 2 nitrogen and oxygen atoms in total. The number of fused-ring (bicyclic) bond motifs is 2. The zero-order valence-electron chi connectivity index (χ0n) is 23.6. The summed E-state index contributed by atoms with van der Waals surface area (Å²) in [6.07, 6.45) is 17.6. The molecule has 5 rings (SSSR count). The lowest BCUT2D eigenvalue weighted by Gasteiger charge is -2.63. The zero-order valence-corrected chi connectivity index (χ0v) is 23.6. The van der Waals surface area contributed by atoms with Crippen molar-refractivity contribution in [1.82, 2.24) is 0 Å². The van der Waals surface area contributed by atoms with Crippen LogP contribution in [0, 0.1) is 50.7 Å². The number of rotatable bonds is 5. The van der Waals surface area contributed by atoms with Crippen LogP contribution in [0.15, 0.2) is 11.6 Å². The van der Waals surface area contributed by atoms with Gasteiger partial charge in [-0.15, -0.1) is 0 Å². The molecule has 5 unspecified atom stereocenters. The van der Waals surface area contributed by atoms with Crippen molar-refractivity contribution in [2.45, 2.75) is 132 Å². The van der Waals surface area contributed by atoms with E-state index in [1.165, 1.54) is 69.8 Å². The first-order valence-electron chi connectivity index (χ1n) is 14.6. The standard InChI is InChI=1S/C32H52O2/c1-21(2)10-9-11-22(3)24-14-16-30(8)26-13-12-25-28(5,6)27(34-23(4)33)15-17-31(25)20-32(26,31)19-18-29(24,30)7/h10,22,24-27H,9,11-20H2,1-8H3/t22-,24-,25+,26?,27?,29?,30+,31?,32?/m1/s1. The summed E-state index contributed by atoms with van der Waals surface area (Å²) in [5.41, 5.74) is 3.71. The van der Waals surface area contributed by atoms with E-state index in [1.807, 2.05) is 0 Å². The van der Waals surface area contributed by atoms with Gasteiger partial charge in [0.25, 0.3) is 0 Å². The second-order valence-electron chi connectivity index (χ2n) is 14.9. The average molecular weight is 469 g/mol. The van der Waals surface area contributed by atoms with E-state index in [-0.39, 0.29) is 17.5 Å². The molecule has 0 radical (unpaired) electrons. The Hall–Kier alpha value is -0.790. The van der Waals surface area contributed by atoms with Gasteiger partial charge in [0.05, 0.1) is 0 Å². The summed E-state index contributed by atoms with van der Waals surface area (Å²) in [7, 11) is 0. The van der Waals surface area contributed by atoms with E-state index in [2.05, 4.69) is 54.5 Å². The lowest BCUT2D eigenvalue weighted by Crippen LogP contribution is -2.58. The van der Waals surface area contributed by atoms with E-state index in [9.17, 15) is 4.79 Å². The topological polar surface area (TPSA) is 26.3 Å². The molecule has 5 aliphatic carbocycles. The maximum atomic E-state index is 11.8. The summed E-state index contributed by atoms with van der Waals surface area (Å²) in [6, 6.07) is 0. The van der Waals surface area contributed by atoms with Gasteiger partial charge in [-0.25, -0.2) is 0 Å². The van der Waals surface area contributed by atoms with Crippen molar-refractivity contribution >= 4 is 5.97 Å². The first-order valence-corrected chi connectivity index (χ1v) is 14.6. The summed E-state index contributed by atoms with van der Waals surface area (Å²) in [4.78, 5) is 11.8. The average Bonchev–Trinajstić information content (AvgIpc) is 3.32. The Bertz CT molecular complexity index is 866. The minimum atomic E-state index is -0.0927. The second kappa shape index (κ2) is 7.85. The van der Waals surface area contributed by atoms with Crippen LogP contribution >= 0.6 is 0 Å². The third kappa shape index (κ3) is 3.14. The predicted octanol–water partition coefficient (Wildman–Crippen LogP) is 8.74. The Kier molecular flexibility index (Phi) is 5.75. The maximum Gasteiger partial charge on any atom is 0.302 e. The van der Waals surface area contributed by atoms with Gasteiger partial charge in [0, 0.05) is 12.3 Å². The number of carbonyl (C=O) groups is 1. The summed E-state index contributed by atoms with van der Waals surface area (Å²) in [5.74, 6) is 3.27. The van der Waals surface area contributed by atoms with Crippen molar-refractivity contribution in [1.29, 1.82) is 0 Å². The fourth-order valence-electron chi connectivity index (χ4n) is 11.5. The van der Waals surface area contributed by atoms with Gasteiger partial charge in [0.1, 0.15) is 6.10 Å². The van der Waals surface area contributed by atoms with Gasteiger partial charge >= 0.3 is 5.97 Å². The summed E-state index contributed by atoms with van der Waals surface area (Å²) in [6.45, 7) is 18.9. The smallest absolute Gasteiger partial charge is 0.302 e. The molecule has 5 fully saturated rings. The summed E-state index contributed by atoms with van der Waals surface area (Å²) < 4.78 is 5.90. The number of esters is 1. The van der Waals surface area contributed by atoms with Crippen LogP contribution in [0.2, 0.25) is 0 Å². The second-order valence-corrected chi connectivity index (χ2v) is 14.9. The fraction of sp³-hybridized carbons (Fsp3) is 0.906. The molecule has 0 aliphatic heterocycles. The number of ether oxygens (including phenoxy) is 1. The highest BCUT2D eigenvalue weighted by Gasteiger charge is 2.82. The molecule has 0 aromatic carbocycles. The van der Waals surface area contributed by atoms with Crippen molar-refractivity contribution in [3.05, 3.63) is 11.6 Å². The number of carbonyl (C=O) groups excluding carboxylic acids is 1. The van der Waals surface area contributed by atoms with Crippen LogP contribution in [-0.4, -0.2) is 12.1 Å². The van der Waals surface area contributed by atoms with Crippen LogP contribution < -0.4 is 0 Å². The molecule has 34 heavy (non-hydrogen) atoms. The Morgan fingerprint density at radius 3 is 2.24 bits per heavy atom. The Morgan fingerprint density at radius 1 is 0.882 bits per heavy atom. The molecule has 5 aliphatic rings. The van der Waals surface area contributed by atoms with Gasteiger partial charge in [-0.1, -0.05) is 46.3 Å². The minimum Gasteiger partial charge on any atom is -0.462 e. The zero-order chi connectivity index (χ0) is 24.7. The van der Waals surface area contributed by atoms with E-state index < -0.39 is 0 Å². The lowest BCUT2D eigenvalue weighted by atomic mass is 9.41. The molecule has 9 atom stereocenters. The predicted molar refractivity (Wildman–Crippen MR) is 140 cm³/mol. The Balaban J connectivity index is 1.39. The van der Waals surface area contributed by atoms with Crippen LogP contribution in [0.3, 0.4) is 0 Å². The summed E-state index contributed by atoms with van der Waals surface area (Å²) >= 11 is 0. The first kappa shape index (κ1) is 24.9. The van der Waals surface area contributed by atoms with Crippen LogP contribution in [0.5, 0.6) is 0 Å². The van der Waals surface area contributed by atoms with E-state index >= 15 is 0 Å². The van der Waals surface area contributed by atoms with Crippen molar-refractivity contribution in [3.8, 4) is 0 Å². The first-order chi connectivity index (χ1) is 15.8. The molecule has 0 saturated heterocycles. The lowest BCUT2D eigenvalue weighted by molar-refractivity contribution is -0.181. The van der Waals surface area contributed by atoms with Gasteiger partial charge in [-0.3, -0.25) is 4.79 Å². The number of allylic oxidation sites excluding steroid dienone is 2. The minimum absolute atomic E-state index is 0.0927. The highest BCUT2D eigenvalue weighted by atomic mass is 16.5. The van der Waals surface area contributed by atoms with Crippen molar-refractivity contribution < 1.29 is 9.53 Å². The van der Waals surface area contributed by atoms with Gasteiger partial charge < -0.3 is 4.74 Å². The monoisotopic (exact) mass is 468 g/mol. The molecular formula is C32H52O2. The normalized spacial score (nSPS) is 49.1. The van der Waals surface area contributed by atoms with Crippen LogP contribution in [0.4, 0.5) is 0 Å². The molecule has 2 spiro atoms. The van der Waals surface area contributed by atoms with Crippen molar-refractivity contribution in [2.75, 3.05) is 0 Å². The van der Waals surface area contributed by atoms with Gasteiger partial charge in [-0.05, 0) is 130 Å². The quantitative estimate of drug-likeness (QED) is 0.298. The molecule has 0 aromatic rings. The SMILES string of the molecule is CC(=O)OC1CCC23CC24CCC2(C)[C@@H]([C@H](C)CCC=C(C)C)CC[C@@]2(C)C4CC[C@H]3C1(C)C. The third-order valence-electron chi connectivity index (χ3n) is 13.3. The molecule has 0 amide bonds. The molecule has 5 saturated carbocycles. The molecule has 0 bridgehead atoms. The largest absolute Gasteiger partial charge is 0.462 e. The molecular weight excluding hydrogens is 416 g/mol.